The summed E-state index contributed by atoms with van der Waals surface area (Å²) in [5, 5.41) is 11.0. The first-order valence-electron chi connectivity index (χ1n) is 7.65. The van der Waals surface area contributed by atoms with Crippen LogP contribution in [0.2, 0.25) is 5.02 Å². The fraction of sp³-hybridized carbons (Fsp3) is 0. The molecule has 0 unspecified atom stereocenters. The van der Waals surface area contributed by atoms with E-state index < -0.39 is 14.9 Å². The van der Waals surface area contributed by atoms with Crippen molar-refractivity contribution in [2.45, 2.75) is 4.90 Å². The van der Waals surface area contributed by atoms with Crippen molar-refractivity contribution < 1.29 is 18.1 Å². The number of sulfonamides is 1. The lowest BCUT2D eigenvalue weighted by Gasteiger charge is -2.14. The van der Waals surface area contributed by atoms with Gasteiger partial charge in [-0.15, -0.1) is 0 Å². The van der Waals surface area contributed by atoms with Gasteiger partial charge in [0, 0.05) is 17.2 Å². The van der Waals surface area contributed by atoms with E-state index in [0.29, 0.717) is 10.8 Å². The van der Waals surface area contributed by atoms with Crippen molar-refractivity contribution in [2.75, 3.05) is 4.72 Å². The number of nitrogens with zero attached hydrogens (tertiary/aromatic N) is 1. The third kappa shape index (κ3) is 4.55. The zero-order valence-electron chi connectivity index (χ0n) is 13.7. The first-order valence-corrected chi connectivity index (χ1v) is 9.51. The number of halogens is 1. The van der Waals surface area contributed by atoms with Gasteiger partial charge in [0.2, 0.25) is 0 Å². The predicted molar refractivity (Wildman–Crippen MR) is 102 cm³/mol. The molecule has 27 heavy (non-hydrogen) atoms. The predicted octanol–water partition coefficient (Wildman–Crippen LogP) is 4.84. The molecular weight excluding hydrogens is 392 g/mol. The summed E-state index contributed by atoms with van der Waals surface area (Å²) in [5.74, 6) is 0.784. The van der Waals surface area contributed by atoms with Crippen molar-refractivity contribution in [3.05, 3.63) is 87.9 Å². The number of ether oxygens (including phenoxy) is 1. The van der Waals surface area contributed by atoms with Gasteiger partial charge in [-0.1, -0.05) is 29.8 Å². The molecule has 0 amide bonds. The maximum Gasteiger partial charge on any atom is 0.269 e. The molecule has 0 aromatic heterocycles. The molecule has 1 N–H and O–H groups in total. The average Bonchev–Trinajstić information content (AvgIpc) is 2.64. The zero-order valence-corrected chi connectivity index (χ0v) is 15.3. The van der Waals surface area contributed by atoms with Crippen molar-refractivity contribution in [1.29, 1.82) is 0 Å². The van der Waals surface area contributed by atoms with Crippen LogP contribution >= 0.6 is 11.6 Å². The molecule has 3 rings (SSSR count). The third-order valence-corrected chi connectivity index (χ3v) is 5.13. The summed E-state index contributed by atoms with van der Waals surface area (Å²) in [6, 6.07) is 17.9. The first kappa shape index (κ1) is 18.7. The highest BCUT2D eigenvalue weighted by Crippen LogP contribution is 2.33. The van der Waals surface area contributed by atoms with Gasteiger partial charge < -0.3 is 4.74 Å². The molecule has 0 aliphatic rings. The van der Waals surface area contributed by atoms with E-state index in [0.717, 1.165) is 24.3 Å². The fourth-order valence-electron chi connectivity index (χ4n) is 2.24. The summed E-state index contributed by atoms with van der Waals surface area (Å²) in [6.07, 6.45) is 0. The van der Waals surface area contributed by atoms with Gasteiger partial charge in [-0.2, -0.15) is 0 Å². The second-order valence-electron chi connectivity index (χ2n) is 5.41. The minimum absolute atomic E-state index is 0.126. The van der Waals surface area contributed by atoms with Crippen LogP contribution in [-0.2, 0) is 10.0 Å². The molecule has 9 heteroatoms. The molecule has 138 valence electrons. The molecule has 0 radical (unpaired) electrons. The van der Waals surface area contributed by atoms with E-state index in [1.54, 1.807) is 36.4 Å². The van der Waals surface area contributed by atoms with Crippen LogP contribution in [0, 0.1) is 10.1 Å². The maximum atomic E-state index is 12.6. The van der Waals surface area contributed by atoms with Crippen molar-refractivity contribution in [2.24, 2.45) is 0 Å². The summed E-state index contributed by atoms with van der Waals surface area (Å²) in [5.41, 5.74) is -0.0606. The fourth-order valence-corrected chi connectivity index (χ4v) is 3.47. The van der Waals surface area contributed by atoms with Gasteiger partial charge in [0.1, 0.15) is 5.75 Å². The number of hydrogen-bond acceptors (Lipinski definition) is 5. The molecule has 0 atom stereocenters. The minimum Gasteiger partial charge on any atom is -0.455 e. The number of para-hydroxylation sites is 1. The Bertz CT molecular complexity index is 1070. The number of rotatable bonds is 6. The van der Waals surface area contributed by atoms with Crippen molar-refractivity contribution in [1.82, 2.24) is 0 Å². The normalized spacial score (nSPS) is 11.0. The van der Waals surface area contributed by atoms with Crippen LogP contribution in [0.4, 0.5) is 11.4 Å². The SMILES string of the molecule is O=[N+]([O-])c1ccc(S(=O)(=O)Nc2cc(Cl)ccc2Oc2ccccc2)cc1. The van der Waals surface area contributed by atoms with Crippen LogP contribution in [-0.4, -0.2) is 13.3 Å². The van der Waals surface area contributed by atoms with E-state index in [1.807, 2.05) is 6.07 Å². The molecule has 3 aromatic rings. The van der Waals surface area contributed by atoms with E-state index in [9.17, 15) is 18.5 Å². The molecule has 0 saturated carbocycles. The Labute approximate surface area is 160 Å². The summed E-state index contributed by atoms with van der Waals surface area (Å²) < 4.78 is 33.4. The second-order valence-corrected chi connectivity index (χ2v) is 7.53. The summed E-state index contributed by atoms with van der Waals surface area (Å²) in [6.45, 7) is 0. The number of nitro benzene ring substituents is 1. The number of nitrogens with one attached hydrogen (secondary N) is 1. The van der Waals surface area contributed by atoms with Gasteiger partial charge >= 0.3 is 0 Å². The topological polar surface area (TPSA) is 98.5 Å². The number of benzene rings is 3. The highest BCUT2D eigenvalue weighted by Gasteiger charge is 2.18. The van der Waals surface area contributed by atoms with Gasteiger partial charge in [0.25, 0.3) is 15.7 Å². The minimum atomic E-state index is -4.00. The summed E-state index contributed by atoms with van der Waals surface area (Å²) in [4.78, 5) is 9.99. The van der Waals surface area contributed by atoms with Gasteiger partial charge in [-0.25, -0.2) is 8.42 Å². The van der Waals surface area contributed by atoms with Crippen LogP contribution < -0.4 is 9.46 Å². The van der Waals surface area contributed by atoms with Crippen molar-refractivity contribution in [3.63, 3.8) is 0 Å². The zero-order chi connectivity index (χ0) is 19.4. The lowest BCUT2D eigenvalue weighted by Crippen LogP contribution is -2.13. The molecule has 0 aliphatic heterocycles. The van der Waals surface area contributed by atoms with E-state index in [-0.39, 0.29) is 22.0 Å². The Balaban J connectivity index is 1.91. The second kappa shape index (κ2) is 7.65. The van der Waals surface area contributed by atoms with E-state index in [2.05, 4.69) is 4.72 Å². The average molecular weight is 405 g/mol. The highest BCUT2D eigenvalue weighted by molar-refractivity contribution is 7.92. The van der Waals surface area contributed by atoms with Gasteiger partial charge in [0.15, 0.2) is 5.75 Å². The van der Waals surface area contributed by atoms with Crippen molar-refractivity contribution >= 4 is 33.0 Å². The molecule has 0 bridgehead atoms. The van der Waals surface area contributed by atoms with E-state index in [4.69, 9.17) is 16.3 Å². The molecular formula is C18H13ClN2O5S. The lowest BCUT2D eigenvalue weighted by atomic mass is 10.3. The van der Waals surface area contributed by atoms with Crippen molar-refractivity contribution in [3.8, 4) is 11.5 Å². The molecule has 7 nitrogen and oxygen atoms in total. The first-order chi connectivity index (χ1) is 12.8. The Hall–Kier alpha value is -3.10. The Kier molecular flexibility index (Phi) is 5.29. The van der Waals surface area contributed by atoms with Crippen LogP contribution in [0.5, 0.6) is 11.5 Å². The van der Waals surface area contributed by atoms with Gasteiger partial charge in [0.05, 0.1) is 15.5 Å². The standard InChI is InChI=1S/C18H13ClN2O5S/c19-13-6-11-18(26-15-4-2-1-3-5-15)17(12-13)20-27(24,25)16-9-7-14(8-10-16)21(22)23/h1-12,20H. The largest absolute Gasteiger partial charge is 0.455 e. The van der Waals surface area contributed by atoms with Gasteiger partial charge in [-0.3, -0.25) is 14.8 Å². The molecule has 0 heterocycles. The Morgan fingerprint density at radius 1 is 0.963 bits per heavy atom. The molecule has 0 saturated heterocycles. The summed E-state index contributed by atoms with van der Waals surface area (Å²) in [7, 11) is -4.00. The molecule has 0 spiro atoms. The van der Waals surface area contributed by atoms with E-state index >= 15 is 0 Å². The third-order valence-electron chi connectivity index (χ3n) is 3.51. The van der Waals surface area contributed by atoms with Crippen LogP contribution in [0.15, 0.2) is 77.7 Å². The Morgan fingerprint density at radius 3 is 2.26 bits per heavy atom. The number of anilines is 1. The smallest absolute Gasteiger partial charge is 0.269 e. The molecule has 0 fully saturated rings. The number of non-ortho nitro benzene ring substituents is 1. The number of hydrogen-bond donors (Lipinski definition) is 1. The van der Waals surface area contributed by atoms with E-state index in [1.165, 1.54) is 6.07 Å². The number of nitro groups is 1. The van der Waals surface area contributed by atoms with Crippen LogP contribution in [0.3, 0.4) is 0 Å². The maximum absolute atomic E-state index is 12.6. The molecule has 3 aromatic carbocycles. The summed E-state index contributed by atoms with van der Waals surface area (Å²) >= 11 is 5.98. The van der Waals surface area contributed by atoms with Crippen LogP contribution in [0.25, 0.3) is 0 Å². The monoisotopic (exact) mass is 404 g/mol. The van der Waals surface area contributed by atoms with Crippen LogP contribution in [0.1, 0.15) is 0 Å². The lowest BCUT2D eigenvalue weighted by molar-refractivity contribution is -0.384. The van der Waals surface area contributed by atoms with Gasteiger partial charge in [-0.05, 0) is 42.5 Å². The molecule has 0 aliphatic carbocycles. The quantitative estimate of drug-likeness (QED) is 0.468. The highest BCUT2D eigenvalue weighted by atomic mass is 35.5. The Morgan fingerprint density at radius 2 is 1.63 bits per heavy atom.